The number of carbonyl (C=O) groups is 1. The summed E-state index contributed by atoms with van der Waals surface area (Å²) >= 11 is 0. The molecule has 22 heavy (non-hydrogen) atoms. The van der Waals surface area contributed by atoms with Crippen LogP contribution >= 0.6 is 0 Å². The fraction of sp³-hybridized carbons (Fsp3) is 0.278. The van der Waals surface area contributed by atoms with Gasteiger partial charge in [0.05, 0.1) is 20.6 Å². The number of benzene rings is 2. The van der Waals surface area contributed by atoms with E-state index in [1.165, 1.54) is 5.56 Å². The molecule has 0 aliphatic rings. The zero-order chi connectivity index (χ0) is 15.9. The van der Waals surface area contributed by atoms with Crippen LogP contribution in [0.15, 0.2) is 42.5 Å². The fourth-order valence-electron chi connectivity index (χ4n) is 2.26. The van der Waals surface area contributed by atoms with Crippen molar-refractivity contribution in [1.82, 2.24) is 5.32 Å². The maximum Gasteiger partial charge on any atom is 0.224 e. The molecule has 1 amide bonds. The molecule has 0 heterocycles. The number of hydrogen-bond acceptors (Lipinski definition) is 3. The summed E-state index contributed by atoms with van der Waals surface area (Å²) < 4.78 is 10.5. The SMILES string of the molecule is COc1ccc(CC(=O)NCc2cccc(C)c2)c(OC)c1. The van der Waals surface area contributed by atoms with Gasteiger partial charge in [0.15, 0.2) is 0 Å². The first-order valence-electron chi connectivity index (χ1n) is 7.15. The molecule has 0 aliphatic carbocycles. The molecule has 4 nitrogen and oxygen atoms in total. The Morgan fingerprint density at radius 3 is 2.59 bits per heavy atom. The van der Waals surface area contributed by atoms with Gasteiger partial charge in [-0.05, 0) is 18.6 Å². The Balaban J connectivity index is 1.97. The monoisotopic (exact) mass is 299 g/mol. The quantitative estimate of drug-likeness (QED) is 0.892. The number of amides is 1. The third-order valence-corrected chi connectivity index (χ3v) is 3.42. The van der Waals surface area contributed by atoms with Crippen LogP contribution in [0.4, 0.5) is 0 Å². The Kier molecular flexibility index (Phi) is 5.42. The minimum Gasteiger partial charge on any atom is -0.497 e. The van der Waals surface area contributed by atoms with Gasteiger partial charge < -0.3 is 14.8 Å². The molecule has 0 atom stereocenters. The summed E-state index contributed by atoms with van der Waals surface area (Å²) in [6.45, 7) is 2.56. The van der Waals surface area contributed by atoms with Crippen molar-refractivity contribution in [2.24, 2.45) is 0 Å². The number of hydrogen-bond donors (Lipinski definition) is 1. The van der Waals surface area contributed by atoms with E-state index in [0.717, 1.165) is 11.1 Å². The van der Waals surface area contributed by atoms with Crippen molar-refractivity contribution in [3.8, 4) is 11.5 Å². The third-order valence-electron chi connectivity index (χ3n) is 3.42. The molecule has 116 valence electrons. The van der Waals surface area contributed by atoms with E-state index in [4.69, 9.17) is 9.47 Å². The minimum absolute atomic E-state index is 0.0371. The number of nitrogens with one attached hydrogen (secondary N) is 1. The van der Waals surface area contributed by atoms with Crippen molar-refractivity contribution in [3.05, 3.63) is 59.2 Å². The molecule has 0 spiro atoms. The average molecular weight is 299 g/mol. The number of aryl methyl sites for hydroxylation is 1. The maximum absolute atomic E-state index is 12.1. The second-order valence-corrected chi connectivity index (χ2v) is 5.12. The van der Waals surface area contributed by atoms with Gasteiger partial charge in [0, 0.05) is 18.2 Å². The van der Waals surface area contributed by atoms with E-state index >= 15 is 0 Å². The zero-order valence-electron chi connectivity index (χ0n) is 13.2. The van der Waals surface area contributed by atoms with Crippen molar-refractivity contribution in [2.75, 3.05) is 14.2 Å². The largest absolute Gasteiger partial charge is 0.497 e. The Hall–Kier alpha value is -2.49. The van der Waals surface area contributed by atoms with E-state index in [9.17, 15) is 4.79 Å². The molecule has 4 heteroatoms. The van der Waals surface area contributed by atoms with E-state index in [1.54, 1.807) is 20.3 Å². The van der Waals surface area contributed by atoms with Gasteiger partial charge in [-0.2, -0.15) is 0 Å². The van der Waals surface area contributed by atoms with E-state index < -0.39 is 0 Å². The van der Waals surface area contributed by atoms with E-state index in [1.807, 2.05) is 37.3 Å². The predicted octanol–water partition coefficient (Wildman–Crippen LogP) is 2.87. The number of carbonyl (C=O) groups excluding carboxylic acids is 1. The standard InChI is InChI=1S/C18H21NO3/c1-13-5-4-6-14(9-13)12-19-18(20)10-15-7-8-16(21-2)11-17(15)22-3/h4-9,11H,10,12H2,1-3H3,(H,19,20). The normalized spacial score (nSPS) is 10.1. The molecule has 1 N–H and O–H groups in total. The minimum atomic E-state index is -0.0371. The molecule has 0 saturated carbocycles. The van der Waals surface area contributed by atoms with Crippen molar-refractivity contribution in [3.63, 3.8) is 0 Å². The number of ether oxygens (including phenoxy) is 2. The predicted molar refractivity (Wildman–Crippen MR) is 86.3 cm³/mol. The van der Waals surface area contributed by atoms with Gasteiger partial charge in [-0.15, -0.1) is 0 Å². The molecule has 2 rings (SSSR count). The highest BCUT2D eigenvalue weighted by Crippen LogP contribution is 2.24. The molecule has 2 aromatic rings. The Morgan fingerprint density at radius 2 is 1.91 bits per heavy atom. The van der Waals surface area contributed by atoms with Gasteiger partial charge in [0.1, 0.15) is 11.5 Å². The van der Waals surface area contributed by atoms with Crippen LogP contribution in [0, 0.1) is 6.92 Å². The van der Waals surface area contributed by atoms with Crippen LogP contribution in [0.1, 0.15) is 16.7 Å². The van der Waals surface area contributed by atoms with Crippen LogP contribution in [0.3, 0.4) is 0 Å². The van der Waals surface area contributed by atoms with Crippen LogP contribution in [0.2, 0.25) is 0 Å². The lowest BCUT2D eigenvalue weighted by atomic mass is 10.1. The smallest absolute Gasteiger partial charge is 0.224 e. The molecule has 0 aromatic heterocycles. The van der Waals surface area contributed by atoms with Gasteiger partial charge in [-0.1, -0.05) is 35.9 Å². The van der Waals surface area contributed by atoms with E-state index in [0.29, 0.717) is 18.0 Å². The van der Waals surface area contributed by atoms with Crippen molar-refractivity contribution < 1.29 is 14.3 Å². The molecule has 2 aromatic carbocycles. The van der Waals surface area contributed by atoms with E-state index in [2.05, 4.69) is 11.4 Å². The van der Waals surface area contributed by atoms with Gasteiger partial charge in [0.2, 0.25) is 5.91 Å². The van der Waals surface area contributed by atoms with Gasteiger partial charge >= 0.3 is 0 Å². The highest BCUT2D eigenvalue weighted by atomic mass is 16.5. The molecule has 0 bridgehead atoms. The summed E-state index contributed by atoms with van der Waals surface area (Å²) in [5.41, 5.74) is 3.11. The van der Waals surface area contributed by atoms with E-state index in [-0.39, 0.29) is 12.3 Å². The summed E-state index contributed by atoms with van der Waals surface area (Å²) in [4.78, 5) is 12.1. The Morgan fingerprint density at radius 1 is 1.09 bits per heavy atom. The topological polar surface area (TPSA) is 47.6 Å². The van der Waals surface area contributed by atoms with Crippen molar-refractivity contribution >= 4 is 5.91 Å². The first-order chi connectivity index (χ1) is 10.6. The summed E-state index contributed by atoms with van der Waals surface area (Å²) in [7, 11) is 3.19. The van der Waals surface area contributed by atoms with Gasteiger partial charge in [-0.3, -0.25) is 4.79 Å². The molecule has 0 fully saturated rings. The van der Waals surface area contributed by atoms with Crippen molar-refractivity contribution in [1.29, 1.82) is 0 Å². The summed E-state index contributed by atoms with van der Waals surface area (Å²) in [5, 5.41) is 2.93. The lowest BCUT2D eigenvalue weighted by molar-refractivity contribution is -0.120. The summed E-state index contributed by atoms with van der Waals surface area (Å²) in [6, 6.07) is 13.5. The van der Waals surface area contributed by atoms with Crippen LogP contribution in [0.25, 0.3) is 0 Å². The molecule has 0 aliphatic heterocycles. The third kappa shape index (κ3) is 4.25. The maximum atomic E-state index is 12.1. The molecular formula is C18H21NO3. The summed E-state index contributed by atoms with van der Waals surface area (Å²) in [5.74, 6) is 1.33. The molecule has 0 unspecified atom stereocenters. The molecule has 0 saturated heterocycles. The first kappa shape index (κ1) is 15.9. The summed E-state index contributed by atoms with van der Waals surface area (Å²) in [6.07, 6.45) is 0.277. The highest BCUT2D eigenvalue weighted by Gasteiger charge is 2.10. The molecular weight excluding hydrogens is 278 g/mol. The van der Waals surface area contributed by atoms with Crippen LogP contribution in [-0.4, -0.2) is 20.1 Å². The van der Waals surface area contributed by atoms with Crippen LogP contribution in [-0.2, 0) is 17.8 Å². The second-order valence-electron chi connectivity index (χ2n) is 5.12. The van der Waals surface area contributed by atoms with Crippen LogP contribution in [0.5, 0.6) is 11.5 Å². The van der Waals surface area contributed by atoms with Gasteiger partial charge in [-0.25, -0.2) is 0 Å². The highest BCUT2D eigenvalue weighted by molar-refractivity contribution is 5.79. The first-order valence-corrected chi connectivity index (χ1v) is 7.15. The average Bonchev–Trinajstić information content (AvgIpc) is 2.53. The molecule has 0 radical (unpaired) electrons. The lowest BCUT2D eigenvalue weighted by Crippen LogP contribution is -2.24. The Labute approximate surface area is 131 Å². The van der Waals surface area contributed by atoms with Crippen LogP contribution < -0.4 is 14.8 Å². The number of methoxy groups -OCH3 is 2. The second kappa shape index (κ2) is 7.50. The zero-order valence-corrected chi connectivity index (χ0v) is 13.2. The number of rotatable bonds is 6. The van der Waals surface area contributed by atoms with Crippen molar-refractivity contribution in [2.45, 2.75) is 19.9 Å². The van der Waals surface area contributed by atoms with Gasteiger partial charge in [0.25, 0.3) is 0 Å². The Bertz CT molecular complexity index is 653. The lowest BCUT2D eigenvalue weighted by Gasteiger charge is -2.11. The fourth-order valence-corrected chi connectivity index (χ4v) is 2.26.